The first kappa shape index (κ1) is 22.3. The molecule has 149 valence electrons. The third-order valence-corrected chi connectivity index (χ3v) is 9.13. The molecule has 3 unspecified atom stereocenters. The molecule has 0 aromatic heterocycles. The normalized spacial score (nSPS) is 46.5. The first-order valence-electron chi connectivity index (χ1n) is 10.1. The van der Waals surface area contributed by atoms with Crippen LogP contribution in [0.5, 0.6) is 0 Å². The van der Waals surface area contributed by atoms with Crippen molar-refractivity contribution >= 4 is 40.0 Å². The second-order valence-corrected chi connectivity index (χ2v) is 10.8. The van der Waals surface area contributed by atoms with E-state index in [0.29, 0.717) is 17.8 Å². The van der Waals surface area contributed by atoms with E-state index in [9.17, 15) is 13.5 Å². The molecule has 3 saturated carbocycles. The van der Waals surface area contributed by atoms with E-state index in [1.165, 1.54) is 12.0 Å². The maximum atomic E-state index is 11.0. The molecule has 5 nitrogen and oxygen atoms in total. The molecule has 7 atom stereocenters. The maximum absolute atomic E-state index is 11.0. The zero-order valence-corrected chi connectivity index (χ0v) is 19.7. The number of rotatable bonds is 3. The van der Waals surface area contributed by atoms with Crippen LogP contribution in [0.15, 0.2) is 11.6 Å². The Kier molecular flexibility index (Phi) is 6.33. The van der Waals surface area contributed by atoms with Crippen LogP contribution in [0, 0.1) is 34.5 Å². The number of fused-ring (bicyclic) bond motifs is 5. The Morgan fingerprint density at radius 2 is 1.89 bits per heavy atom. The van der Waals surface area contributed by atoms with Gasteiger partial charge in [0.2, 0.25) is 0 Å². The Balaban J connectivity index is 0.00000210. The van der Waals surface area contributed by atoms with E-state index >= 15 is 0 Å². The third-order valence-electron chi connectivity index (χ3n) is 8.69. The molecule has 3 fully saturated rings. The van der Waals surface area contributed by atoms with Crippen molar-refractivity contribution in [1.29, 1.82) is 0 Å². The summed E-state index contributed by atoms with van der Waals surface area (Å²) in [5.41, 5.74) is 1.80. The molecular weight excluding hydrogens is 375 g/mol. The fourth-order valence-electron chi connectivity index (χ4n) is 7.19. The van der Waals surface area contributed by atoms with Crippen molar-refractivity contribution in [2.24, 2.45) is 34.5 Å². The van der Waals surface area contributed by atoms with Gasteiger partial charge >= 0.3 is 10.4 Å². The quantitative estimate of drug-likeness (QED) is 0.426. The van der Waals surface area contributed by atoms with Crippen LogP contribution in [0.4, 0.5) is 0 Å². The number of aliphatic hydroxyl groups excluding tert-OH is 1. The van der Waals surface area contributed by atoms with Crippen LogP contribution in [-0.4, -0.2) is 60.3 Å². The van der Waals surface area contributed by atoms with Crippen molar-refractivity contribution < 1.29 is 22.3 Å². The summed E-state index contributed by atoms with van der Waals surface area (Å²) in [6.07, 6.45) is 10.5. The molecule has 0 amide bonds. The van der Waals surface area contributed by atoms with Gasteiger partial charge in [0.1, 0.15) is 0 Å². The first-order chi connectivity index (χ1) is 12.1. The van der Waals surface area contributed by atoms with Crippen LogP contribution in [0.25, 0.3) is 0 Å². The zero-order chi connectivity index (χ0) is 18.7. The summed E-state index contributed by atoms with van der Waals surface area (Å²) >= 11 is 0. The first-order valence-corrected chi connectivity index (χ1v) is 11.5. The van der Waals surface area contributed by atoms with Crippen molar-refractivity contribution in [3.05, 3.63) is 11.6 Å². The van der Waals surface area contributed by atoms with Gasteiger partial charge < -0.3 is 5.11 Å². The van der Waals surface area contributed by atoms with Crippen LogP contribution in [0.2, 0.25) is 0 Å². The molecule has 1 radical (unpaired) electrons. The van der Waals surface area contributed by atoms with E-state index in [4.69, 9.17) is 8.74 Å². The Bertz CT molecular complexity index is 707. The molecule has 4 rings (SSSR count). The molecule has 7 heteroatoms. The summed E-state index contributed by atoms with van der Waals surface area (Å²) in [6.45, 7) is 4.83. The summed E-state index contributed by atoms with van der Waals surface area (Å²) in [4.78, 5) is 0. The van der Waals surface area contributed by atoms with E-state index in [1.54, 1.807) is 0 Å². The zero-order valence-electron chi connectivity index (χ0n) is 16.9. The maximum Gasteiger partial charge on any atom is 0.397 e. The van der Waals surface area contributed by atoms with Crippen molar-refractivity contribution in [2.75, 3.05) is 6.61 Å². The largest absolute Gasteiger partial charge is 0.397 e. The number of allylic oxidation sites excluding steroid dienone is 1. The SMILES string of the molecule is C[C@]12CC[C@H](O)CC1=CCC1C2CC[C@@]2(C)C1CC[C@@H]2COS(=O)(=O)O.[Na]. The van der Waals surface area contributed by atoms with Gasteiger partial charge in [-0.3, -0.25) is 4.55 Å². The molecule has 4 aliphatic carbocycles. The van der Waals surface area contributed by atoms with Crippen molar-refractivity contribution in [3.63, 3.8) is 0 Å². The Hall–Kier alpha value is 0.570. The van der Waals surface area contributed by atoms with Crippen molar-refractivity contribution in [1.82, 2.24) is 0 Å². The summed E-state index contributed by atoms with van der Waals surface area (Å²) in [7, 11) is -4.36. The van der Waals surface area contributed by atoms with E-state index in [1.807, 2.05) is 0 Å². The average Bonchev–Trinajstić information content (AvgIpc) is 2.89. The van der Waals surface area contributed by atoms with E-state index in [0.717, 1.165) is 44.9 Å². The predicted octanol–water partition coefficient (Wildman–Crippen LogP) is 3.36. The molecule has 2 N–H and O–H groups in total. The molecule has 0 aliphatic heterocycles. The Labute approximate surface area is 185 Å². The molecule has 0 heterocycles. The van der Waals surface area contributed by atoms with Crippen LogP contribution in [0.1, 0.15) is 65.2 Å². The molecule has 0 bridgehead atoms. The third kappa shape index (κ3) is 3.85. The molecule has 27 heavy (non-hydrogen) atoms. The minimum atomic E-state index is -4.36. The summed E-state index contributed by atoms with van der Waals surface area (Å²) in [6, 6.07) is 0. The fraction of sp³-hybridized carbons (Fsp3) is 0.900. The van der Waals surface area contributed by atoms with Gasteiger partial charge in [-0.05, 0) is 85.9 Å². The van der Waals surface area contributed by atoms with Crippen LogP contribution < -0.4 is 0 Å². The average molecular weight is 408 g/mol. The molecule has 0 aromatic carbocycles. The van der Waals surface area contributed by atoms with Gasteiger partial charge in [-0.2, -0.15) is 8.42 Å². The van der Waals surface area contributed by atoms with Crippen LogP contribution in [0.3, 0.4) is 0 Å². The Morgan fingerprint density at radius 1 is 1.15 bits per heavy atom. The number of hydrogen-bond donors (Lipinski definition) is 2. The van der Waals surface area contributed by atoms with Gasteiger partial charge in [0.25, 0.3) is 0 Å². The molecule has 0 spiro atoms. The minimum Gasteiger partial charge on any atom is -0.393 e. The topological polar surface area (TPSA) is 83.8 Å². The number of aliphatic hydroxyl groups is 1. The van der Waals surface area contributed by atoms with Gasteiger partial charge in [0.05, 0.1) is 12.7 Å². The van der Waals surface area contributed by atoms with Crippen molar-refractivity contribution in [2.45, 2.75) is 71.3 Å². The fourth-order valence-corrected chi connectivity index (χ4v) is 7.53. The van der Waals surface area contributed by atoms with Crippen molar-refractivity contribution in [3.8, 4) is 0 Å². The van der Waals surface area contributed by atoms with E-state index in [2.05, 4.69) is 19.9 Å². The van der Waals surface area contributed by atoms with E-state index in [-0.39, 0.29) is 59.0 Å². The minimum absolute atomic E-state index is 0. The van der Waals surface area contributed by atoms with Gasteiger partial charge in [-0.25, -0.2) is 4.18 Å². The van der Waals surface area contributed by atoms with E-state index < -0.39 is 10.4 Å². The second kappa shape index (κ2) is 7.68. The smallest absolute Gasteiger partial charge is 0.393 e. The summed E-state index contributed by atoms with van der Waals surface area (Å²) in [5.74, 6) is 2.11. The predicted molar refractivity (Wildman–Crippen MR) is 104 cm³/mol. The monoisotopic (exact) mass is 407 g/mol. The van der Waals surface area contributed by atoms with Crippen LogP contribution in [-0.2, 0) is 14.6 Å². The van der Waals surface area contributed by atoms with Gasteiger partial charge in [0.15, 0.2) is 0 Å². The van der Waals surface area contributed by atoms with Gasteiger partial charge in [0, 0.05) is 29.6 Å². The van der Waals surface area contributed by atoms with Gasteiger partial charge in [-0.1, -0.05) is 25.5 Å². The standard InChI is InChI=1S/C20H32O5S.Na/c1-19-9-7-15(21)11-13(19)3-5-16-17-6-4-14(12-25-26(22,23)24)20(17,2)10-8-18(16)19;/h3,14-18,21H,4-12H2,1-2H3,(H,22,23,24);/t14-,15+,16?,17?,18?,19+,20-;/m1./s1. The second-order valence-electron chi connectivity index (χ2n) is 9.69. The molecule has 0 aromatic rings. The molecular formula is C20H32NaO5S. The van der Waals surface area contributed by atoms with Gasteiger partial charge in [-0.15, -0.1) is 0 Å². The molecule has 0 saturated heterocycles. The summed E-state index contributed by atoms with van der Waals surface area (Å²) in [5, 5.41) is 10.1. The Morgan fingerprint density at radius 3 is 2.59 bits per heavy atom. The summed E-state index contributed by atoms with van der Waals surface area (Å²) < 4.78 is 35.7. The molecule has 4 aliphatic rings. The number of hydrogen-bond acceptors (Lipinski definition) is 4. The van der Waals surface area contributed by atoms with Crippen LogP contribution >= 0.6 is 0 Å².